The molecule has 0 radical (unpaired) electrons. The van der Waals surface area contributed by atoms with E-state index in [0.717, 1.165) is 12.8 Å². The van der Waals surface area contributed by atoms with Gasteiger partial charge in [0.15, 0.2) is 0 Å². The Labute approximate surface area is 112 Å². The minimum atomic E-state index is -0.592. The molecule has 1 unspecified atom stereocenters. The molecule has 0 saturated carbocycles. The molecule has 1 aliphatic rings. The lowest BCUT2D eigenvalue weighted by atomic mass is 10.2. The van der Waals surface area contributed by atoms with Crippen LogP contribution in [0.2, 0.25) is 0 Å². The third-order valence-electron chi connectivity index (χ3n) is 3.00. The third-order valence-corrected chi connectivity index (χ3v) is 3.00. The Hall–Kier alpha value is -1.88. The van der Waals surface area contributed by atoms with Crippen LogP contribution in [0.5, 0.6) is 0 Å². The number of hydrogen-bond donors (Lipinski definition) is 1. The molecule has 0 bridgehead atoms. The van der Waals surface area contributed by atoms with E-state index in [1.165, 1.54) is 5.06 Å². The normalized spacial score (nSPS) is 16.8. The number of carbonyl (C=O) groups excluding carboxylic acids is 2. The Morgan fingerprint density at radius 1 is 1.26 bits per heavy atom. The topological polar surface area (TPSA) is 58.6 Å². The Balaban J connectivity index is 1.91. The van der Waals surface area contributed by atoms with Crippen LogP contribution in [0.25, 0.3) is 0 Å². The van der Waals surface area contributed by atoms with Gasteiger partial charge in [0.25, 0.3) is 11.8 Å². The van der Waals surface area contributed by atoms with Gasteiger partial charge in [-0.3, -0.25) is 14.4 Å². The third kappa shape index (κ3) is 3.54. The second-order valence-electron chi connectivity index (χ2n) is 4.54. The lowest BCUT2D eigenvalue weighted by Crippen LogP contribution is -2.48. The van der Waals surface area contributed by atoms with Crippen molar-refractivity contribution in [3.63, 3.8) is 0 Å². The van der Waals surface area contributed by atoms with Gasteiger partial charge in [0, 0.05) is 12.1 Å². The summed E-state index contributed by atoms with van der Waals surface area (Å²) in [5.41, 5.74) is 0.543. The smallest absolute Gasteiger partial charge is 0.268 e. The molecule has 1 aromatic rings. The molecule has 1 aromatic carbocycles. The highest BCUT2D eigenvalue weighted by atomic mass is 16.7. The van der Waals surface area contributed by atoms with Crippen molar-refractivity contribution in [2.24, 2.45) is 0 Å². The second kappa shape index (κ2) is 6.33. The zero-order valence-electron chi connectivity index (χ0n) is 11.0. The van der Waals surface area contributed by atoms with E-state index in [0.29, 0.717) is 18.7 Å². The first kappa shape index (κ1) is 13.5. The van der Waals surface area contributed by atoms with Gasteiger partial charge >= 0.3 is 0 Å². The maximum Gasteiger partial charge on any atom is 0.268 e. The van der Waals surface area contributed by atoms with Gasteiger partial charge in [-0.05, 0) is 31.9 Å². The first-order chi connectivity index (χ1) is 9.18. The molecule has 0 aliphatic carbocycles. The number of nitrogens with zero attached hydrogens (tertiary/aromatic N) is 1. The Kier molecular flexibility index (Phi) is 4.52. The molecule has 102 valence electrons. The van der Waals surface area contributed by atoms with Gasteiger partial charge in [0.2, 0.25) is 0 Å². The van der Waals surface area contributed by atoms with Gasteiger partial charge in [0.05, 0.1) is 6.61 Å². The minimum Gasteiger partial charge on any atom is -0.340 e. The van der Waals surface area contributed by atoms with Gasteiger partial charge in [-0.25, -0.2) is 5.06 Å². The minimum absolute atomic E-state index is 0.205. The Bertz CT molecular complexity index is 441. The molecule has 1 fully saturated rings. The molecule has 1 heterocycles. The molecule has 1 saturated heterocycles. The van der Waals surface area contributed by atoms with Gasteiger partial charge < -0.3 is 5.32 Å². The van der Waals surface area contributed by atoms with Crippen LogP contribution in [0.15, 0.2) is 30.3 Å². The van der Waals surface area contributed by atoms with Crippen LogP contribution in [0, 0.1) is 0 Å². The van der Waals surface area contributed by atoms with E-state index in [4.69, 9.17) is 4.84 Å². The van der Waals surface area contributed by atoms with Gasteiger partial charge in [0.1, 0.15) is 6.04 Å². The fourth-order valence-electron chi connectivity index (χ4n) is 1.92. The van der Waals surface area contributed by atoms with Crippen LogP contribution in [0.1, 0.15) is 30.1 Å². The summed E-state index contributed by atoms with van der Waals surface area (Å²) in [5, 5.41) is 4.03. The number of hydrogen-bond acceptors (Lipinski definition) is 3. The summed E-state index contributed by atoms with van der Waals surface area (Å²) in [6.07, 6.45) is 1.90. The summed E-state index contributed by atoms with van der Waals surface area (Å²) in [5.74, 6) is -0.456. The van der Waals surface area contributed by atoms with Crippen LogP contribution in [0.4, 0.5) is 0 Å². The standard InChI is InChI=1S/C14H18N2O3/c1-11(14(18)16-9-5-6-10-19-16)15-13(17)12-7-3-2-4-8-12/h2-4,7-8,11H,5-6,9-10H2,1H3,(H,15,17). The van der Waals surface area contributed by atoms with Crippen molar-refractivity contribution in [3.05, 3.63) is 35.9 Å². The van der Waals surface area contributed by atoms with Gasteiger partial charge in [-0.2, -0.15) is 0 Å². The molecule has 2 rings (SSSR count). The van der Waals surface area contributed by atoms with Crippen molar-refractivity contribution in [3.8, 4) is 0 Å². The SMILES string of the molecule is CC(NC(=O)c1ccccc1)C(=O)N1CCCCO1. The average Bonchev–Trinajstić information content (AvgIpc) is 2.48. The van der Waals surface area contributed by atoms with Crippen molar-refractivity contribution in [1.82, 2.24) is 10.4 Å². The first-order valence-electron chi connectivity index (χ1n) is 6.48. The first-order valence-corrected chi connectivity index (χ1v) is 6.48. The molecule has 1 N–H and O–H groups in total. The lowest BCUT2D eigenvalue weighted by molar-refractivity contribution is -0.198. The van der Waals surface area contributed by atoms with E-state index in [1.807, 2.05) is 6.07 Å². The highest BCUT2D eigenvalue weighted by Crippen LogP contribution is 2.08. The summed E-state index contributed by atoms with van der Waals surface area (Å²) < 4.78 is 0. The maximum atomic E-state index is 12.1. The molecule has 1 atom stereocenters. The predicted molar refractivity (Wildman–Crippen MR) is 70.3 cm³/mol. The van der Waals surface area contributed by atoms with Crippen molar-refractivity contribution in [2.45, 2.75) is 25.8 Å². The van der Waals surface area contributed by atoms with E-state index in [1.54, 1.807) is 31.2 Å². The number of rotatable bonds is 3. The highest BCUT2D eigenvalue weighted by Gasteiger charge is 2.24. The molecule has 5 heteroatoms. The van der Waals surface area contributed by atoms with Gasteiger partial charge in [-0.15, -0.1) is 0 Å². The quantitative estimate of drug-likeness (QED) is 0.894. The number of nitrogens with one attached hydrogen (secondary N) is 1. The summed E-state index contributed by atoms with van der Waals surface area (Å²) >= 11 is 0. The fourth-order valence-corrected chi connectivity index (χ4v) is 1.92. The molecule has 0 spiro atoms. The van der Waals surface area contributed by atoms with Crippen molar-refractivity contribution >= 4 is 11.8 Å². The fraction of sp³-hybridized carbons (Fsp3) is 0.429. The van der Waals surface area contributed by atoms with Crippen LogP contribution >= 0.6 is 0 Å². The van der Waals surface area contributed by atoms with Crippen LogP contribution in [-0.4, -0.2) is 36.1 Å². The van der Waals surface area contributed by atoms with Gasteiger partial charge in [-0.1, -0.05) is 18.2 Å². The van der Waals surface area contributed by atoms with Crippen molar-refractivity contribution < 1.29 is 14.4 Å². The molecular formula is C14H18N2O3. The largest absolute Gasteiger partial charge is 0.340 e. The maximum absolute atomic E-state index is 12.1. The van der Waals surface area contributed by atoms with E-state index in [9.17, 15) is 9.59 Å². The Morgan fingerprint density at radius 2 is 2.00 bits per heavy atom. The molecular weight excluding hydrogens is 244 g/mol. The zero-order valence-corrected chi connectivity index (χ0v) is 11.0. The monoisotopic (exact) mass is 262 g/mol. The second-order valence-corrected chi connectivity index (χ2v) is 4.54. The van der Waals surface area contributed by atoms with Crippen LogP contribution < -0.4 is 5.32 Å². The van der Waals surface area contributed by atoms with E-state index in [2.05, 4.69) is 5.32 Å². The molecule has 19 heavy (non-hydrogen) atoms. The number of amides is 2. The molecule has 5 nitrogen and oxygen atoms in total. The Morgan fingerprint density at radius 3 is 2.63 bits per heavy atom. The molecule has 2 amide bonds. The summed E-state index contributed by atoms with van der Waals surface area (Å²) in [6, 6.07) is 8.25. The zero-order chi connectivity index (χ0) is 13.7. The molecule has 1 aliphatic heterocycles. The van der Waals surface area contributed by atoms with Crippen LogP contribution in [0.3, 0.4) is 0 Å². The van der Waals surface area contributed by atoms with Crippen LogP contribution in [-0.2, 0) is 9.63 Å². The molecule has 0 aromatic heterocycles. The summed E-state index contributed by atoms with van der Waals surface area (Å²) in [6.45, 7) is 2.82. The average molecular weight is 262 g/mol. The number of benzene rings is 1. The van der Waals surface area contributed by atoms with E-state index < -0.39 is 6.04 Å². The number of carbonyl (C=O) groups is 2. The summed E-state index contributed by atoms with van der Waals surface area (Å²) in [7, 11) is 0. The van der Waals surface area contributed by atoms with Crippen molar-refractivity contribution in [1.29, 1.82) is 0 Å². The predicted octanol–water partition coefficient (Wildman–Crippen LogP) is 1.36. The van der Waals surface area contributed by atoms with Crippen molar-refractivity contribution in [2.75, 3.05) is 13.2 Å². The van der Waals surface area contributed by atoms with E-state index in [-0.39, 0.29) is 11.8 Å². The highest BCUT2D eigenvalue weighted by molar-refractivity contribution is 5.97. The number of hydroxylamine groups is 2. The summed E-state index contributed by atoms with van der Waals surface area (Å²) in [4.78, 5) is 29.3. The lowest BCUT2D eigenvalue weighted by Gasteiger charge is -2.28. The van der Waals surface area contributed by atoms with E-state index >= 15 is 0 Å².